The lowest BCUT2D eigenvalue weighted by molar-refractivity contribution is -0.121. The fourth-order valence-electron chi connectivity index (χ4n) is 2.51. The van der Waals surface area contributed by atoms with Gasteiger partial charge in [0.2, 0.25) is 11.8 Å². The maximum atomic E-state index is 11.8. The van der Waals surface area contributed by atoms with Gasteiger partial charge < -0.3 is 15.4 Å². The lowest BCUT2D eigenvalue weighted by atomic mass is 10.1. The molecular formula is C17H24N2O3S. The zero-order chi connectivity index (χ0) is 16.5. The summed E-state index contributed by atoms with van der Waals surface area (Å²) in [6.45, 7) is 1.96. The van der Waals surface area contributed by atoms with Crippen LogP contribution in [0.5, 0.6) is 5.75 Å². The van der Waals surface area contributed by atoms with Crippen LogP contribution in [0.25, 0.3) is 0 Å². The van der Waals surface area contributed by atoms with Gasteiger partial charge in [0.1, 0.15) is 5.75 Å². The zero-order valence-electron chi connectivity index (χ0n) is 13.3. The molecule has 1 aliphatic heterocycles. The minimum atomic E-state index is -0.0502. The van der Waals surface area contributed by atoms with Crippen molar-refractivity contribution in [1.29, 1.82) is 0 Å². The largest absolute Gasteiger partial charge is 0.493 e. The van der Waals surface area contributed by atoms with Crippen LogP contribution in [0.2, 0.25) is 0 Å². The first kappa shape index (κ1) is 17.7. The number of carbonyl (C=O) groups excluding carboxylic acids is 2. The van der Waals surface area contributed by atoms with Crippen LogP contribution in [0.1, 0.15) is 36.8 Å². The smallest absolute Gasteiger partial charge is 0.229 e. The third-order valence-electron chi connectivity index (χ3n) is 3.79. The van der Waals surface area contributed by atoms with Crippen molar-refractivity contribution in [2.24, 2.45) is 0 Å². The van der Waals surface area contributed by atoms with E-state index in [9.17, 15) is 9.59 Å². The molecule has 6 heteroatoms. The van der Waals surface area contributed by atoms with Crippen molar-refractivity contribution in [3.63, 3.8) is 0 Å². The number of thiol groups is 1. The summed E-state index contributed by atoms with van der Waals surface area (Å²) in [5.74, 6) is 1.20. The number of hydrogen-bond donors (Lipinski definition) is 3. The number of rotatable bonds is 9. The number of fused-ring (bicyclic) bond motifs is 1. The first-order valence-electron chi connectivity index (χ1n) is 8.08. The van der Waals surface area contributed by atoms with Crippen LogP contribution in [0.15, 0.2) is 18.2 Å². The van der Waals surface area contributed by atoms with Crippen molar-refractivity contribution in [2.45, 2.75) is 38.6 Å². The molecule has 0 radical (unpaired) electrons. The highest BCUT2D eigenvalue weighted by Crippen LogP contribution is 2.25. The highest BCUT2D eigenvalue weighted by atomic mass is 32.1. The highest BCUT2D eigenvalue weighted by molar-refractivity contribution is 7.81. The van der Waals surface area contributed by atoms with Crippen molar-refractivity contribution in [3.05, 3.63) is 29.3 Å². The van der Waals surface area contributed by atoms with Gasteiger partial charge in [0.15, 0.2) is 0 Å². The van der Waals surface area contributed by atoms with Gasteiger partial charge in [-0.25, -0.2) is 0 Å². The third kappa shape index (κ3) is 6.14. The van der Waals surface area contributed by atoms with Gasteiger partial charge >= 0.3 is 0 Å². The van der Waals surface area contributed by atoms with E-state index >= 15 is 0 Å². The van der Waals surface area contributed by atoms with Crippen LogP contribution in [0, 0.1) is 0 Å². The average Bonchev–Trinajstić information content (AvgIpc) is 3.03. The highest BCUT2D eigenvalue weighted by Gasteiger charge is 2.12. The summed E-state index contributed by atoms with van der Waals surface area (Å²) in [4.78, 5) is 22.8. The molecular weight excluding hydrogens is 312 g/mol. The number of carbonyl (C=O) groups is 2. The molecule has 2 rings (SSSR count). The van der Waals surface area contributed by atoms with Gasteiger partial charge in [0.05, 0.1) is 12.4 Å². The van der Waals surface area contributed by atoms with Crippen molar-refractivity contribution < 1.29 is 14.3 Å². The number of nitrogens with one attached hydrogen (secondary N) is 2. The molecule has 0 aliphatic carbocycles. The first-order chi connectivity index (χ1) is 11.2. The zero-order valence-corrected chi connectivity index (χ0v) is 14.2. The van der Waals surface area contributed by atoms with E-state index in [1.807, 2.05) is 12.1 Å². The Morgan fingerprint density at radius 3 is 2.83 bits per heavy atom. The van der Waals surface area contributed by atoms with Gasteiger partial charge in [0.25, 0.3) is 0 Å². The Morgan fingerprint density at radius 2 is 2.00 bits per heavy atom. The summed E-state index contributed by atoms with van der Waals surface area (Å²) in [6, 6.07) is 6.07. The Bertz CT molecular complexity index is 549. The number of unbranched alkanes of at least 4 members (excludes halogenated alkanes) is 2. The SMILES string of the molecule is O=C(CS)NCCCCCC(=O)NCc1ccc2c(c1)CCO2. The van der Waals surface area contributed by atoms with Gasteiger partial charge in [-0.05, 0) is 30.0 Å². The van der Waals surface area contributed by atoms with Crippen LogP contribution >= 0.6 is 12.6 Å². The molecule has 0 bridgehead atoms. The monoisotopic (exact) mass is 336 g/mol. The maximum Gasteiger partial charge on any atom is 0.229 e. The van der Waals surface area contributed by atoms with Crippen LogP contribution < -0.4 is 15.4 Å². The predicted molar refractivity (Wildman–Crippen MR) is 92.8 cm³/mol. The Morgan fingerprint density at radius 1 is 1.13 bits per heavy atom. The molecule has 0 unspecified atom stereocenters. The molecule has 1 heterocycles. The van der Waals surface area contributed by atoms with Crippen molar-refractivity contribution in [2.75, 3.05) is 18.9 Å². The Balaban J connectivity index is 1.56. The fraction of sp³-hybridized carbons (Fsp3) is 0.529. The standard InChI is InChI=1S/C17H24N2O3S/c20-16(4-2-1-3-8-18-17(21)12-23)19-11-13-5-6-15-14(10-13)7-9-22-15/h5-6,10,23H,1-4,7-9,11-12H2,(H,18,21)(H,19,20). The second-order valence-corrected chi connectivity index (χ2v) is 5.95. The summed E-state index contributed by atoms with van der Waals surface area (Å²) in [5.41, 5.74) is 2.33. The molecule has 0 saturated heterocycles. The van der Waals surface area contributed by atoms with Gasteiger partial charge in [-0.3, -0.25) is 9.59 Å². The molecule has 1 aromatic rings. The van der Waals surface area contributed by atoms with Crippen LogP contribution in [-0.2, 0) is 22.6 Å². The molecule has 126 valence electrons. The van der Waals surface area contributed by atoms with E-state index in [4.69, 9.17) is 4.74 Å². The molecule has 0 saturated carbocycles. The Labute approximate surface area is 142 Å². The fourth-order valence-corrected chi connectivity index (χ4v) is 2.62. The summed E-state index contributed by atoms with van der Waals surface area (Å²) in [6.07, 6.45) is 4.12. The number of amides is 2. The Kier molecular flexibility index (Phi) is 7.26. The summed E-state index contributed by atoms with van der Waals surface area (Å²) < 4.78 is 5.47. The topological polar surface area (TPSA) is 67.4 Å². The average molecular weight is 336 g/mol. The van der Waals surface area contributed by atoms with E-state index in [-0.39, 0.29) is 17.6 Å². The van der Waals surface area contributed by atoms with Gasteiger partial charge in [-0.15, -0.1) is 0 Å². The van der Waals surface area contributed by atoms with Gasteiger partial charge in [-0.1, -0.05) is 18.6 Å². The van der Waals surface area contributed by atoms with Crippen molar-refractivity contribution >= 4 is 24.4 Å². The lowest BCUT2D eigenvalue weighted by Crippen LogP contribution is -2.25. The van der Waals surface area contributed by atoms with E-state index in [1.165, 1.54) is 5.56 Å². The normalized spacial score (nSPS) is 12.4. The minimum Gasteiger partial charge on any atom is -0.493 e. The van der Waals surface area contributed by atoms with E-state index in [0.717, 1.165) is 43.6 Å². The van der Waals surface area contributed by atoms with E-state index in [2.05, 4.69) is 29.3 Å². The third-order valence-corrected chi connectivity index (χ3v) is 4.08. The summed E-state index contributed by atoms with van der Waals surface area (Å²) in [5, 5.41) is 5.71. The van der Waals surface area contributed by atoms with Gasteiger partial charge in [-0.2, -0.15) is 12.6 Å². The molecule has 0 spiro atoms. The predicted octanol–water partition coefficient (Wildman–Crippen LogP) is 1.84. The molecule has 1 aromatic carbocycles. The molecule has 0 fully saturated rings. The second kappa shape index (κ2) is 9.45. The van der Waals surface area contributed by atoms with Gasteiger partial charge in [0, 0.05) is 25.9 Å². The summed E-state index contributed by atoms with van der Waals surface area (Å²) in [7, 11) is 0. The minimum absolute atomic E-state index is 0.0502. The van der Waals surface area contributed by atoms with Crippen LogP contribution in [-0.4, -0.2) is 30.7 Å². The molecule has 2 N–H and O–H groups in total. The Hall–Kier alpha value is -1.69. The molecule has 23 heavy (non-hydrogen) atoms. The van der Waals surface area contributed by atoms with E-state index in [0.29, 0.717) is 19.5 Å². The van der Waals surface area contributed by atoms with E-state index in [1.54, 1.807) is 0 Å². The second-order valence-electron chi connectivity index (χ2n) is 5.64. The number of benzene rings is 1. The van der Waals surface area contributed by atoms with E-state index < -0.39 is 0 Å². The lowest BCUT2D eigenvalue weighted by Gasteiger charge is -2.07. The summed E-state index contributed by atoms with van der Waals surface area (Å²) >= 11 is 3.89. The van der Waals surface area contributed by atoms with Crippen molar-refractivity contribution in [1.82, 2.24) is 10.6 Å². The number of ether oxygens (including phenoxy) is 1. The molecule has 5 nitrogen and oxygen atoms in total. The molecule has 0 atom stereocenters. The van der Waals surface area contributed by atoms with Crippen LogP contribution in [0.4, 0.5) is 0 Å². The first-order valence-corrected chi connectivity index (χ1v) is 8.71. The molecule has 0 aromatic heterocycles. The quantitative estimate of drug-likeness (QED) is 0.476. The maximum absolute atomic E-state index is 11.8. The molecule has 1 aliphatic rings. The van der Waals surface area contributed by atoms with Crippen molar-refractivity contribution in [3.8, 4) is 5.75 Å². The number of hydrogen-bond acceptors (Lipinski definition) is 4. The molecule has 2 amide bonds. The van der Waals surface area contributed by atoms with Crippen LogP contribution in [0.3, 0.4) is 0 Å².